The molecule has 0 fully saturated rings. The Morgan fingerprint density at radius 3 is 2.82 bits per heavy atom. The molecule has 0 amide bonds. The molecular weight excluding hydrogens is 147 g/mol. The quantitative estimate of drug-likeness (QED) is 0.701. The van der Waals surface area contributed by atoms with Crippen LogP contribution in [0.2, 0.25) is 0 Å². The van der Waals surface area contributed by atoms with E-state index in [1.54, 1.807) is 0 Å². The first-order valence-electron chi connectivity index (χ1n) is 3.60. The Morgan fingerprint density at radius 2 is 2.27 bits per heavy atom. The maximum atomic E-state index is 12.8. The van der Waals surface area contributed by atoms with E-state index in [1.165, 1.54) is 18.2 Å². The van der Waals surface area contributed by atoms with Gasteiger partial charge >= 0.3 is 5.97 Å². The highest BCUT2D eigenvalue weighted by molar-refractivity contribution is 5.70. The first kappa shape index (κ1) is 6.34. The third-order valence-electron chi connectivity index (χ3n) is 1.18. The van der Waals surface area contributed by atoms with Crippen molar-refractivity contribution in [2.45, 2.75) is 6.40 Å². The molecule has 0 aromatic heterocycles. The van der Waals surface area contributed by atoms with Gasteiger partial charge in [-0.1, -0.05) is 18.2 Å². The Balaban J connectivity index is 3.02. The zero-order valence-electron chi connectivity index (χ0n) is 6.62. The number of carboxylic acids is 1. The molecule has 0 radical (unpaired) electrons. The predicted octanol–water partition coefficient (Wildman–Crippen LogP) is 1.45. The smallest absolute Gasteiger partial charge is 0.307 e. The van der Waals surface area contributed by atoms with Crippen molar-refractivity contribution in [3.05, 3.63) is 35.6 Å². The van der Waals surface area contributed by atoms with E-state index in [4.69, 9.17) is 6.48 Å². The zero-order chi connectivity index (χ0) is 9.14. The average molecular weight is 155 g/mol. The van der Waals surface area contributed by atoms with E-state index in [0.717, 1.165) is 6.07 Å². The molecule has 0 aliphatic heterocycles. The van der Waals surface area contributed by atoms with Crippen molar-refractivity contribution in [3.63, 3.8) is 0 Å². The second-order valence-electron chi connectivity index (χ2n) is 2.00. The van der Waals surface area contributed by atoms with Gasteiger partial charge < -0.3 is 5.11 Å². The first-order valence-corrected chi connectivity index (χ1v) is 3.02. The van der Waals surface area contributed by atoms with Crippen molar-refractivity contribution in [2.24, 2.45) is 0 Å². The first-order chi connectivity index (χ1) is 5.63. The number of carboxylic acid groups (broad SMARTS) is 1. The van der Waals surface area contributed by atoms with Crippen molar-refractivity contribution in [1.29, 1.82) is 0 Å². The van der Waals surface area contributed by atoms with Crippen LogP contribution in [0.1, 0.15) is 6.93 Å². The lowest BCUT2D eigenvalue weighted by Crippen LogP contribution is -2.01. The molecular formula is C8H7FO2. The van der Waals surface area contributed by atoms with Crippen LogP contribution in [-0.2, 0) is 11.2 Å². The molecule has 58 valence electrons. The highest BCUT2D eigenvalue weighted by Gasteiger charge is 2.04. The highest BCUT2D eigenvalue weighted by atomic mass is 19.1. The van der Waals surface area contributed by atoms with E-state index < -0.39 is 18.2 Å². The fraction of sp³-hybridized carbons (Fsp3) is 0.125. The third kappa shape index (κ3) is 2.04. The lowest BCUT2D eigenvalue weighted by molar-refractivity contribution is -0.136. The molecule has 0 heterocycles. The van der Waals surface area contributed by atoms with Crippen LogP contribution in [0.15, 0.2) is 24.3 Å². The highest BCUT2D eigenvalue weighted by Crippen LogP contribution is 2.06. The van der Waals surface area contributed by atoms with Crippen molar-refractivity contribution in [2.75, 3.05) is 0 Å². The Kier molecular flexibility index (Phi) is 1.81. The van der Waals surface area contributed by atoms with Gasteiger partial charge in [0.2, 0.25) is 0 Å². The molecule has 0 bridgehead atoms. The van der Waals surface area contributed by atoms with Gasteiger partial charge in [0.25, 0.3) is 0 Å². The van der Waals surface area contributed by atoms with Gasteiger partial charge in [-0.3, -0.25) is 4.79 Å². The molecule has 0 saturated heterocycles. The minimum Gasteiger partial charge on any atom is -0.481 e. The fourth-order valence-electron chi connectivity index (χ4n) is 0.725. The summed E-state index contributed by atoms with van der Waals surface area (Å²) in [5, 5.41) is 8.41. The van der Waals surface area contributed by atoms with Crippen LogP contribution >= 0.6 is 0 Å². The zero-order valence-corrected chi connectivity index (χ0v) is 5.62. The van der Waals surface area contributed by atoms with Gasteiger partial charge in [0.1, 0.15) is 5.82 Å². The summed E-state index contributed by atoms with van der Waals surface area (Å²) in [7, 11) is 0. The second kappa shape index (κ2) is 3.14. The van der Waals surface area contributed by atoms with Crippen LogP contribution in [-0.4, -0.2) is 11.1 Å². The summed E-state index contributed by atoms with van der Waals surface area (Å²) in [4.78, 5) is 10.3. The number of benzene rings is 1. The normalized spacial score (nSPS) is 13.7. The summed E-state index contributed by atoms with van der Waals surface area (Å²) >= 11 is 0. The topological polar surface area (TPSA) is 37.3 Å². The summed E-state index contributed by atoms with van der Waals surface area (Å²) in [6.45, 7) is 0. The van der Waals surface area contributed by atoms with Crippen LogP contribution in [0.5, 0.6) is 0 Å². The monoisotopic (exact) mass is 155 g/mol. The van der Waals surface area contributed by atoms with E-state index in [2.05, 4.69) is 0 Å². The molecule has 0 aliphatic rings. The number of hydrogen-bond donors (Lipinski definition) is 1. The second-order valence-corrected chi connectivity index (χ2v) is 2.00. The maximum Gasteiger partial charge on any atom is 0.307 e. The summed E-state index contributed by atoms with van der Waals surface area (Å²) in [6, 6.07) is 5.39. The van der Waals surface area contributed by atoms with Crippen LogP contribution < -0.4 is 0 Å². The summed E-state index contributed by atoms with van der Waals surface area (Å²) in [6.07, 6.45) is -1.54. The van der Waals surface area contributed by atoms with Gasteiger partial charge in [-0.2, -0.15) is 0 Å². The molecule has 2 nitrogen and oxygen atoms in total. The molecule has 1 N–H and O–H groups in total. The number of aliphatic carboxylic acids is 1. The van der Waals surface area contributed by atoms with Gasteiger partial charge in [-0.25, -0.2) is 4.39 Å². The van der Waals surface area contributed by atoms with Gasteiger partial charge in [0.05, 0.1) is 6.40 Å². The Labute approximate surface area is 64.7 Å². The van der Waals surface area contributed by atoms with E-state index in [9.17, 15) is 9.18 Å². The van der Waals surface area contributed by atoms with E-state index in [0.29, 0.717) is 0 Å². The van der Waals surface area contributed by atoms with Gasteiger partial charge in [-0.05, 0) is 11.6 Å². The van der Waals surface area contributed by atoms with Crippen LogP contribution in [0.3, 0.4) is 0 Å². The third-order valence-corrected chi connectivity index (χ3v) is 1.18. The van der Waals surface area contributed by atoms with Crippen molar-refractivity contribution < 1.29 is 15.7 Å². The van der Waals surface area contributed by atoms with Gasteiger partial charge in [0, 0.05) is 1.37 Å². The van der Waals surface area contributed by atoms with E-state index in [1.807, 2.05) is 0 Å². The largest absolute Gasteiger partial charge is 0.481 e. The van der Waals surface area contributed by atoms with Crippen molar-refractivity contribution in [3.8, 4) is 0 Å². The van der Waals surface area contributed by atoms with Crippen LogP contribution in [0.4, 0.5) is 4.39 Å². The Morgan fingerprint density at radius 1 is 1.64 bits per heavy atom. The number of carbonyl (C=O) groups is 1. The van der Waals surface area contributed by atoms with E-state index in [-0.39, 0.29) is 5.56 Å². The molecule has 0 aliphatic carbocycles. The molecule has 0 saturated carbocycles. The van der Waals surface area contributed by atoms with Crippen LogP contribution in [0, 0.1) is 5.82 Å². The number of halogens is 1. The minimum atomic E-state index is -1.54. The molecule has 1 rings (SSSR count). The number of hydrogen-bond acceptors (Lipinski definition) is 1. The maximum absolute atomic E-state index is 12.8. The van der Waals surface area contributed by atoms with Crippen LogP contribution in [0.25, 0.3) is 0 Å². The molecule has 3 heteroatoms. The molecule has 11 heavy (non-hydrogen) atoms. The summed E-state index contributed by atoms with van der Waals surface area (Å²) in [5.74, 6) is -2.00. The predicted molar refractivity (Wildman–Crippen MR) is 37.7 cm³/mol. The van der Waals surface area contributed by atoms with Gasteiger partial charge in [-0.15, -0.1) is 0 Å². The molecule has 0 spiro atoms. The molecule has 1 aromatic carbocycles. The molecule has 1 atom stereocenters. The summed E-state index contributed by atoms with van der Waals surface area (Å²) < 4.78 is 19.9. The molecule has 1 aromatic rings. The lowest BCUT2D eigenvalue weighted by atomic mass is 10.1. The average Bonchev–Trinajstić information content (AvgIpc) is 2.04. The Bertz CT molecular complexity index is 301. The van der Waals surface area contributed by atoms with Crippen molar-refractivity contribution in [1.82, 2.24) is 0 Å². The van der Waals surface area contributed by atoms with E-state index >= 15 is 0 Å². The lowest BCUT2D eigenvalue weighted by Gasteiger charge is -1.96. The summed E-state index contributed by atoms with van der Waals surface area (Å²) in [5.41, 5.74) is -0.106. The fourth-order valence-corrected chi connectivity index (χ4v) is 0.725. The minimum absolute atomic E-state index is 0.106. The molecule has 1 unspecified atom stereocenters. The Hall–Kier alpha value is -1.38. The SMILES string of the molecule is [2H]C(C(=O)O)c1ccccc1F. The number of rotatable bonds is 2. The standard InChI is InChI=1S/C8H7FO2/c9-7-4-2-1-3-6(7)5-8(10)11/h1-4H,5H2,(H,10,11)/i5D. The van der Waals surface area contributed by atoms with Crippen molar-refractivity contribution >= 4 is 5.97 Å². The van der Waals surface area contributed by atoms with Gasteiger partial charge in [0.15, 0.2) is 0 Å².